The lowest BCUT2D eigenvalue weighted by molar-refractivity contribution is -0.232. The van der Waals surface area contributed by atoms with Crippen molar-refractivity contribution in [2.45, 2.75) is 151 Å². The number of aromatic nitrogens is 1. The highest BCUT2D eigenvalue weighted by Crippen LogP contribution is 2.77. The summed E-state index contributed by atoms with van der Waals surface area (Å²) >= 11 is 6.10. The fourth-order valence-electron chi connectivity index (χ4n) is 13.4. The van der Waals surface area contributed by atoms with Crippen molar-refractivity contribution in [2.24, 2.45) is 56.2 Å². The van der Waals surface area contributed by atoms with Gasteiger partial charge in [0.05, 0.1) is 28.1 Å². The van der Waals surface area contributed by atoms with Crippen molar-refractivity contribution in [1.29, 1.82) is 0 Å². The second kappa shape index (κ2) is 13.3. The van der Waals surface area contributed by atoms with E-state index in [1.807, 2.05) is 12.1 Å². The van der Waals surface area contributed by atoms with Crippen LogP contribution in [0.15, 0.2) is 41.6 Å². The minimum Gasteiger partial charge on any atom is -0.481 e. The van der Waals surface area contributed by atoms with Crippen LogP contribution in [0.4, 0.5) is 0 Å². The zero-order valence-electron chi connectivity index (χ0n) is 34.6. The number of nitrogens with zero attached hydrogens (tertiary/aromatic N) is 1. The molecule has 2 N–H and O–H groups in total. The fourth-order valence-corrected chi connectivity index (χ4v) is 13.5. The summed E-state index contributed by atoms with van der Waals surface area (Å²) in [5, 5.41) is 13.4. The molecule has 1 amide bonds. The normalized spacial score (nSPS) is 37.5. The van der Waals surface area contributed by atoms with Gasteiger partial charge in [0.2, 0.25) is 5.91 Å². The molecule has 1 aromatic heterocycles. The highest BCUT2D eigenvalue weighted by Gasteiger charge is 2.70. The van der Waals surface area contributed by atoms with E-state index in [4.69, 9.17) is 16.3 Å². The van der Waals surface area contributed by atoms with Crippen molar-refractivity contribution in [3.8, 4) is 0 Å². The monoisotopic (exact) mass is 774 g/mol. The van der Waals surface area contributed by atoms with Crippen LogP contribution >= 0.6 is 11.6 Å². The molecule has 0 radical (unpaired) electrons. The topological polar surface area (TPSA) is 123 Å². The lowest BCUT2D eigenvalue weighted by atomic mass is 9.33. The van der Waals surface area contributed by atoms with E-state index in [0.717, 1.165) is 75.5 Å². The number of esters is 1. The summed E-state index contributed by atoms with van der Waals surface area (Å²) in [5.74, 6) is -0.111. The number of aliphatic carboxylic acids is 1. The minimum absolute atomic E-state index is 0.0161. The number of allylic oxidation sites excluding steroid dienone is 3. The van der Waals surface area contributed by atoms with Gasteiger partial charge in [-0.3, -0.25) is 24.2 Å². The average Bonchev–Trinajstić information content (AvgIpc) is 3.80. The van der Waals surface area contributed by atoms with Crippen LogP contribution in [0.1, 0.15) is 145 Å². The zero-order chi connectivity index (χ0) is 40.1. The number of carbonyl (C=O) groups excluding carboxylic acids is 3. The van der Waals surface area contributed by atoms with Crippen LogP contribution in [0, 0.1) is 56.2 Å². The molecule has 0 bridgehead atoms. The highest BCUT2D eigenvalue weighted by molar-refractivity contribution is 6.30. The third-order valence-corrected chi connectivity index (χ3v) is 17.0. The Labute approximate surface area is 333 Å². The first-order valence-corrected chi connectivity index (χ1v) is 21.3. The number of halogens is 1. The quantitative estimate of drug-likeness (QED) is 0.189. The van der Waals surface area contributed by atoms with E-state index in [9.17, 15) is 24.3 Å². The van der Waals surface area contributed by atoms with Gasteiger partial charge in [0.1, 0.15) is 6.10 Å². The Morgan fingerprint density at radius 2 is 1.67 bits per heavy atom. The Hall–Kier alpha value is -3.00. The predicted molar refractivity (Wildman–Crippen MR) is 213 cm³/mol. The molecule has 5 fully saturated rings. The van der Waals surface area contributed by atoms with Gasteiger partial charge in [0.15, 0.2) is 5.78 Å². The van der Waals surface area contributed by atoms with Crippen LogP contribution in [0.2, 0.25) is 5.02 Å². The number of fused-ring (bicyclic) bond motifs is 7. The molecule has 0 saturated heterocycles. The van der Waals surface area contributed by atoms with Gasteiger partial charge in [-0.25, -0.2) is 0 Å². The minimum atomic E-state index is -1.17. The molecule has 6 aliphatic rings. The number of pyridine rings is 1. The second-order valence-corrected chi connectivity index (χ2v) is 21.3. The summed E-state index contributed by atoms with van der Waals surface area (Å²) in [7, 11) is 0. The van der Waals surface area contributed by atoms with Crippen molar-refractivity contribution >= 4 is 35.2 Å². The van der Waals surface area contributed by atoms with Gasteiger partial charge >= 0.3 is 11.9 Å². The molecule has 1 aromatic rings. The Morgan fingerprint density at radius 1 is 0.964 bits per heavy atom. The maximum Gasteiger partial charge on any atom is 0.309 e. The van der Waals surface area contributed by atoms with E-state index in [-0.39, 0.29) is 57.7 Å². The van der Waals surface area contributed by atoms with Crippen molar-refractivity contribution in [1.82, 2.24) is 10.3 Å². The lowest BCUT2D eigenvalue weighted by Gasteiger charge is -2.72. The van der Waals surface area contributed by atoms with Crippen LogP contribution in [-0.4, -0.2) is 39.8 Å². The van der Waals surface area contributed by atoms with Gasteiger partial charge in [-0.05, 0) is 147 Å². The molecule has 55 heavy (non-hydrogen) atoms. The van der Waals surface area contributed by atoms with Crippen LogP contribution in [0.3, 0.4) is 0 Å². The van der Waals surface area contributed by atoms with E-state index in [0.29, 0.717) is 23.3 Å². The molecule has 0 aliphatic heterocycles. The summed E-state index contributed by atoms with van der Waals surface area (Å²) in [6.07, 6.45) is 15.0. The SMILES string of the molecule is CC(C)C1=C2[C@H]3CC[C@@H]4C5(C)CC[C@H](OC(=O)CC(C)(C)C(=O)O)C(C)(C)[C@@H]5CC[C@@]4(C)[C@]3(C)CC[C@@]2(/C=C/C(=O)NC2(c3ccc(Cl)cn3)CC2)CC1=O. The molecule has 1 unspecified atom stereocenters. The molecular weight excluding hydrogens is 712 g/mol. The number of Topliss-reactive ketones (excluding diaryl/α,β-unsaturated/α-hetero) is 1. The van der Waals surface area contributed by atoms with Gasteiger partial charge in [0, 0.05) is 23.4 Å². The maximum absolute atomic E-state index is 14.1. The highest BCUT2D eigenvalue weighted by atomic mass is 35.5. The molecule has 1 heterocycles. The largest absolute Gasteiger partial charge is 0.481 e. The van der Waals surface area contributed by atoms with Crippen molar-refractivity contribution in [2.75, 3.05) is 0 Å². The number of nitrogens with one attached hydrogen (secondary N) is 1. The zero-order valence-corrected chi connectivity index (χ0v) is 35.3. The number of hydrogen-bond donors (Lipinski definition) is 2. The van der Waals surface area contributed by atoms with E-state index >= 15 is 0 Å². The molecule has 8 atom stereocenters. The van der Waals surface area contributed by atoms with Crippen molar-refractivity contribution in [3.05, 3.63) is 52.3 Å². The number of amides is 1. The van der Waals surface area contributed by atoms with Crippen molar-refractivity contribution < 1.29 is 29.0 Å². The van der Waals surface area contributed by atoms with Crippen LogP contribution in [0.25, 0.3) is 0 Å². The van der Waals surface area contributed by atoms with E-state index < -0.39 is 28.3 Å². The molecule has 0 aromatic carbocycles. The number of ether oxygens (including phenoxy) is 1. The second-order valence-electron chi connectivity index (χ2n) is 20.8. The average molecular weight is 775 g/mol. The van der Waals surface area contributed by atoms with E-state index in [1.54, 1.807) is 26.1 Å². The lowest BCUT2D eigenvalue weighted by Crippen LogP contribution is -2.65. The summed E-state index contributed by atoms with van der Waals surface area (Å²) < 4.78 is 6.17. The number of carbonyl (C=O) groups is 4. The van der Waals surface area contributed by atoms with Gasteiger partial charge in [-0.2, -0.15) is 0 Å². The molecule has 9 heteroatoms. The molecular formula is C46H63ClN2O6. The first-order chi connectivity index (χ1) is 25.6. The summed E-state index contributed by atoms with van der Waals surface area (Å²) in [4.78, 5) is 57.1. The summed E-state index contributed by atoms with van der Waals surface area (Å²) in [5.41, 5.74) is 0.897. The van der Waals surface area contributed by atoms with Crippen LogP contribution < -0.4 is 5.32 Å². The Balaban J connectivity index is 1.14. The van der Waals surface area contributed by atoms with E-state index in [2.05, 4.69) is 64.8 Å². The number of hydrogen-bond acceptors (Lipinski definition) is 6. The van der Waals surface area contributed by atoms with Crippen LogP contribution in [0.5, 0.6) is 0 Å². The third-order valence-electron chi connectivity index (χ3n) is 16.7. The number of rotatable bonds is 9. The fraction of sp³-hybridized carbons (Fsp3) is 0.717. The Kier molecular flexibility index (Phi) is 9.70. The maximum atomic E-state index is 14.1. The first-order valence-electron chi connectivity index (χ1n) is 20.9. The smallest absolute Gasteiger partial charge is 0.309 e. The predicted octanol–water partition coefficient (Wildman–Crippen LogP) is 9.79. The Bertz CT molecular complexity index is 1840. The van der Waals surface area contributed by atoms with Crippen molar-refractivity contribution in [3.63, 3.8) is 0 Å². The van der Waals surface area contributed by atoms with E-state index in [1.165, 1.54) is 5.57 Å². The number of carboxylic acids is 1. The van der Waals surface area contributed by atoms with Gasteiger partial charge < -0.3 is 15.2 Å². The molecule has 5 saturated carbocycles. The van der Waals surface area contributed by atoms with Gasteiger partial charge in [0.25, 0.3) is 0 Å². The molecule has 8 nitrogen and oxygen atoms in total. The van der Waals surface area contributed by atoms with Crippen LogP contribution in [-0.2, 0) is 29.5 Å². The number of ketones is 1. The van der Waals surface area contributed by atoms with Gasteiger partial charge in [-0.15, -0.1) is 0 Å². The molecule has 0 spiro atoms. The Morgan fingerprint density at radius 3 is 2.29 bits per heavy atom. The molecule has 300 valence electrons. The molecule has 7 rings (SSSR count). The molecule has 6 aliphatic carbocycles. The summed E-state index contributed by atoms with van der Waals surface area (Å²) in [6.45, 7) is 19.6. The first kappa shape index (κ1) is 40.2. The summed E-state index contributed by atoms with van der Waals surface area (Å²) in [6, 6.07) is 3.71. The van der Waals surface area contributed by atoms with Gasteiger partial charge in [-0.1, -0.05) is 66.1 Å². The standard InChI is InChI=1S/C46H63ClN2O6/c1-27(2)37-30(50)24-45(19-16-35(51)49-46(22-23-46)33-13-10-28(47)26-48-33)21-20-43(8)29(38(37)45)11-12-32-42(7)17-15-34(55-36(52)25-40(3,4)39(53)54)41(5,6)31(42)14-18-44(32,43)9/h10,13,16,19,26-27,29,31-32,34H,11-12,14-15,17-18,20-25H2,1-9H3,(H,49,51)(H,53,54)/b19-16+/t29-,31+,32-,34+,42?,43-,44-,45+/m1/s1. The number of carboxylic acid groups (broad SMARTS) is 1. The third kappa shape index (κ3) is 6.25.